The van der Waals surface area contributed by atoms with Gasteiger partial charge < -0.3 is 4.57 Å². The van der Waals surface area contributed by atoms with Gasteiger partial charge >= 0.3 is 0 Å². The van der Waals surface area contributed by atoms with Gasteiger partial charge in [0.2, 0.25) is 0 Å². The van der Waals surface area contributed by atoms with Crippen LogP contribution in [0.5, 0.6) is 0 Å². The van der Waals surface area contributed by atoms with Crippen molar-refractivity contribution in [2.24, 2.45) is 4.99 Å². The van der Waals surface area contributed by atoms with Crippen LogP contribution in [0.1, 0.15) is 11.7 Å². The standard InChI is InChI=1S/C34H25N3/c1-2-12-24(13-3-1)33-34(36-28-17-9-8-16-27(28)35-33)37-29-20-18-22-10-4-6-14-25(22)31(29)32-26-15-7-5-11-23(26)19-21-30(32)37/h1-21,27-28,34,36H. The average molecular weight is 476 g/mol. The van der Waals surface area contributed by atoms with Crippen molar-refractivity contribution in [1.82, 2.24) is 9.88 Å². The number of nitrogens with one attached hydrogen (secondary N) is 1. The summed E-state index contributed by atoms with van der Waals surface area (Å²) in [5.74, 6) is 0. The Bertz CT molecular complexity index is 1830. The van der Waals surface area contributed by atoms with E-state index in [4.69, 9.17) is 4.99 Å². The van der Waals surface area contributed by atoms with Crippen molar-refractivity contribution in [2.75, 3.05) is 0 Å². The molecule has 2 aliphatic rings. The molecule has 0 amide bonds. The van der Waals surface area contributed by atoms with Gasteiger partial charge in [-0.3, -0.25) is 10.3 Å². The van der Waals surface area contributed by atoms with E-state index >= 15 is 0 Å². The minimum Gasteiger partial charge on any atom is -0.318 e. The molecule has 1 aliphatic heterocycles. The summed E-state index contributed by atoms with van der Waals surface area (Å²) in [5, 5.41) is 11.7. The van der Waals surface area contributed by atoms with E-state index in [0.717, 1.165) is 11.3 Å². The van der Waals surface area contributed by atoms with Crippen molar-refractivity contribution < 1.29 is 0 Å². The molecule has 3 atom stereocenters. The molecule has 0 radical (unpaired) electrons. The summed E-state index contributed by atoms with van der Waals surface area (Å²) in [7, 11) is 0. The van der Waals surface area contributed by atoms with E-state index in [1.165, 1.54) is 43.4 Å². The fourth-order valence-electron chi connectivity index (χ4n) is 6.26. The first kappa shape index (κ1) is 20.7. The van der Waals surface area contributed by atoms with E-state index in [-0.39, 0.29) is 18.2 Å². The summed E-state index contributed by atoms with van der Waals surface area (Å²) in [6.45, 7) is 0. The topological polar surface area (TPSA) is 29.3 Å². The maximum atomic E-state index is 5.34. The molecule has 1 N–H and O–H groups in total. The molecule has 1 aromatic heterocycles. The molecule has 0 fully saturated rings. The zero-order chi connectivity index (χ0) is 24.3. The van der Waals surface area contributed by atoms with Crippen molar-refractivity contribution in [3.05, 3.63) is 133 Å². The molecule has 0 saturated heterocycles. The first-order valence-corrected chi connectivity index (χ1v) is 12.9. The SMILES string of the molecule is C1=CC2N=C(c3ccccc3)C(n3c4ccc5ccccc5c4c4c5ccccc5ccc43)NC2C=C1. The second-order valence-corrected chi connectivity index (χ2v) is 9.97. The molecule has 6 aromatic rings. The van der Waals surface area contributed by atoms with Crippen LogP contribution in [0.2, 0.25) is 0 Å². The predicted octanol–water partition coefficient (Wildman–Crippen LogP) is 7.56. The van der Waals surface area contributed by atoms with Gasteiger partial charge in [-0.15, -0.1) is 0 Å². The second kappa shape index (κ2) is 8.02. The van der Waals surface area contributed by atoms with Gasteiger partial charge in [0.25, 0.3) is 0 Å². The van der Waals surface area contributed by atoms with E-state index in [1.54, 1.807) is 0 Å². The fourth-order valence-corrected chi connectivity index (χ4v) is 6.26. The Kier molecular flexibility index (Phi) is 4.49. The summed E-state index contributed by atoms with van der Waals surface area (Å²) in [5.41, 5.74) is 4.67. The highest BCUT2D eigenvalue weighted by Gasteiger charge is 2.34. The van der Waals surface area contributed by atoms with Crippen molar-refractivity contribution in [2.45, 2.75) is 18.2 Å². The Labute approximate surface area is 215 Å². The number of fused-ring (bicyclic) bond motifs is 8. The molecule has 3 heteroatoms. The summed E-state index contributed by atoms with van der Waals surface area (Å²) >= 11 is 0. The van der Waals surface area contributed by atoms with Crippen LogP contribution in [-0.4, -0.2) is 22.4 Å². The molecule has 0 saturated carbocycles. The molecule has 176 valence electrons. The van der Waals surface area contributed by atoms with Crippen molar-refractivity contribution in [3.63, 3.8) is 0 Å². The molecule has 5 aromatic carbocycles. The lowest BCUT2D eigenvalue weighted by Gasteiger charge is -2.36. The number of hydrogen-bond donors (Lipinski definition) is 1. The second-order valence-electron chi connectivity index (χ2n) is 9.97. The highest BCUT2D eigenvalue weighted by molar-refractivity contribution is 6.28. The third-order valence-corrected chi connectivity index (χ3v) is 7.91. The molecule has 37 heavy (non-hydrogen) atoms. The number of nitrogens with zero attached hydrogens (tertiary/aromatic N) is 2. The Morgan fingerprint density at radius 3 is 1.86 bits per heavy atom. The van der Waals surface area contributed by atoms with E-state index < -0.39 is 0 Å². The largest absolute Gasteiger partial charge is 0.318 e. The zero-order valence-corrected chi connectivity index (χ0v) is 20.3. The van der Waals surface area contributed by atoms with Gasteiger partial charge in [-0.1, -0.05) is 115 Å². The fraction of sp³-hybridized carbons (Fsp3) is 0.0882. The minimum absolute atomic E-state index is 0.0891. The lowest BCUT2D eigenvalue weighted by atomic mass is 9.96. The smallest absolute Gasteiger partial charge is 0.128 e. The monoisotopic (exact) mass is 475 g/mol. The van der Waals surface area contributed by atoms with E-state index in [0.29, 0.717) is 0 Å². The quantitative estimate of drug-likeness (QED) is 0.275. The first-order chi connectivity index (χ1) is 18.4. The summed E-state index contributed by atoms with van der Waals surface area (Å²) < 4.78 is 2.48. The number of aliphatic imine (C=N–C) groups is 1. The highest BCUT2D eigenvalue weighted by Crippen LogP contribution is 2.41. The third-order valence-electron chi connectivity index (χ3n) is 7.91. The normalized spacial score (nSPS) is 21.1. The molecule has 2 heterocycles. The highest BCUT2D eigenvalue weighted by atomic mass is 15.2. The zero-order valence-electron chi connectivity index (χ0n) is 20.3. The van der Waals surface area contributed by atoms with Crippen LogP contribution in [0.15, 0.2) is 132 Å². The maximum absolute atomic E-state index is 5.34. The molecule has 3 nitrogen and oxygen atoms in total. The molecular formula is C34H25N3. The minimum atomic E-state index is -0.109. The van der Waals surface area contributed by atoms with Gasteiger partial charge in [0, 0.05) is 10.8 Å². The van der Waals surface area contributed by atoms with Gasteiger partial charge in [0.05, 0.1) is 28.8 Å². The van der Waals surface area contributed by atoms with Crippen LogP contribution in [0, 0.1) is 0 Å². The van der Waals surface area contributed by atoms with Crippen LogP contribution in [0.25, 0.3) is 43.4 Å². The van der Waals surface area contributed by atoms with Gasteiger partial charge in [-0.25, -0.2) is 0 Å². The average Bonchev–Trinajstić information content (AvgIpc) is 3.32. The predicted molar refractivity (Wildman–Crippen MR) is 155 cm³/mol. The molecule has 1 aliphatic carbocycles. The Morgan fingerprint density at radius 1 is 0.595 bits per heavy atom. The van der Waals surface area contributed by atoms with Gasteiger partial charge in [-0.05, 0) is 39.2 Å². The molecule has 0 spiro atoms. The van der Waals surface area contributed by atoms with Gasteiger partial charge in [0.15, 0.2) is 0 Å². The number of benzene rings is 5. The van der Waals surface area contributed by atoms with Crippen LogP contribution in [0.4, 0.5) is 0 Å². The van der Waals surface area contributed by atoms with E-state index in [2.05, 4.69) is 137 Å². The summed E-state index contributed by atoms with van der Waals surface area (Å²) in [6.07, 6.45) is 8.56. The summed E-state index contributed by atoms with van der Waals surface area (Å²) in [4.78, 5) is 5.34. The van der Waals surface area contributed by atoms with Crippen molar-refractivity contribution in [1.29, 1.82) is 0 Å². The van der Waals surface area contributed by atoms with Crippen LogP contribution in [-0.2, 0) is 0 Å². The van der Waals surface area contributed by atoms with Crippen LogP contribution >= 0.6 is 0 Å². The Morgan fingerprint density at radius 2 is 1.19 bits per heavy atom. The van der Waals surface area contributed by atoms with Crippen LogP contribution < -0.4 is 5.32 Å². The van der Waals surface area contributed by atoms with Crippen LogP contribution in [0.3, 0.4) is 0 Å². The first-order valence-electron chi connectivity index (χ1n) is 12.9. The molecule has 3 unspecified atom stereocenters. The van der Waals surface area contributed by atoms with Crippen molar-refractivity contribution >= 4 is 49.1 Å². The third kappa shape index (κ3) is 3.08. The van der Waals surface area contributed by atoms with Gasteiger partial charge in [-0.2, -0.15) is 0 Å². The number of allylic oxidation sites excluding steroid dienone is 2. The van der Waals surface area contributed by atoms with E-state index in [9.17, 15) is 0 Å². The maximum Gasteiger partial charge on any atom is 0.128 e. The Hall–Kier alpha value is -4.47. The molecule has 8 rings (SSSR count). The Balaban J connectivity index is 1.51. The number of aromatic nitrogens is 1. The molecule has 0 bridgehead atoms. The number of rotatable bonds is 2. The lowest BCUT2D eigenvalue weighted by molar-refractivity contribution is 0.430. The van der Waals surface area contributed by atoms with Gasteiger partial charge in [0.1, 0.15) is 6.17 Å². The summed E-state index contributed by atoms with van der Waals surface area (Å²) in [6, 6.07) is 37.4. The van der Waals surface area contributed by atoms with E-state index in [1.807, 2.05) is 0 Å². The number of hydrogen-bond acceptors (Lipinski definition) is 2. The lowest BCUT2D eigenvalue weighted by Crippen LogP contribution is -2.49. The molecular weight excluding hydrogens is 450 g/mol. The van der Waals surface area contributed by atoms with Crippen molar-refractivity contribution in [3.8, 4) is 0 Å².